The lowest BCUT2D eigenvalue weighted by molar-refractivity contribution is 0.0632. The van der Waals surface area contributed by atoms with Gasteiger partial charge in [-0.05, 0) is 69.3 Å². The highest BCUT2D eigenvalue weighted by Gasteiger charge is 2.22. The van der Waals surface area contributed by atoms with E-state index in [0.29, 0.717) is 33.5 Å². The number of rotatable bonds is 6. The van der Waals surface area contributed by atoms with E-state index in [-0.39, 0.29) is 18.4 Å². The van der Waals surface area contributed by atoms with Crippen LogP contribution >= 0.6 is 0 Å². The van der Waals surface area contributed by atoms with Gasteiger partial charge in [-0.15, -0.1) is 0 Å². The summed E-state index contributed by atoms with van der Waals surface area (Å²) >= 11 is 0. The Hall–Kier alpha value is -4.68. The van der Waals surface area contributed by atoms with Crippen LogP contribution in [0, 0.1) is 18.3 Å². The highest BCUT2D eigenvalue weighted by Crippen LogP contribution is 2.27. The molecule has 4 rings (SSSR count). The van der Waals surface area contributed by atoms with Crippen molar-refractivity contribution in [2.75, 3.05) is 22.6 Å². The molecule has 3 N–H and O–H groups in total. The number of hydrogen-bond donors (Lipinski definition) is 3. The van der Waals surface area contributed by atoms with E-state index in [1.54, 1.807) is 78.9 Å². The Morgan fingerprint density at radius 1 is 1.08 bits per heavy atom. The molecule has 0 radical (unpaired) electrons. The van der Waals surface area contributed by atoms with Crippen molar-refractivity contribution in [3.63, 3.8) is 0 Å². The van der Waals surface area contributed by atoms with Gasteiger partial charge in [-0.25, -0.2) is 9.78 Å². The Morgan fingerprint density at radius 2 is 1.81 bits per heavy atom. The molecule has 9 nitrogen and oxygen atoms in total. The first-order chi connectivity index (χ1) is 17.5. The number of aromatic nitrogens is 2. The van der Waals surface area contributed by atoms with Gasteiger partial charge in [0.15, 0.2) is 0 Å². The first kappa shape index (κ1) is 25.4. The number of benzene rings is 3. The van der Waals surface area contributed by atoms with E-state index in [1.165, 1.54) is 0 Å². The summed E-state index contributed by atoms with van der Waals surface area (Å²) in [5.41, 5.74) is 3.30. The zero-order valence-corrected chi connectivity index (χ0v) is 21.1. The molecule has 0 aliphatic heterocycles. The number of aryl methyl sites for hydroxylation is 1. The van der Waals surface area contributed by atoms with Crippen molar-refractivity contribution in [3.05, 3.63) is 83.4 Å². The van der Waals surface area contributed by atoms with Gasteiger partial charge in [0.1, 0.15) is 0 Å². The van der Waals surface area contributed by atoms with Crippen LogP contribution in [0.3, 0.4) is 0 Å². The number of hydrogen-bond acceptors (Lipinski definition) is 5. The Kier molecular flexibility index (Phi) is 6.96. The average molecular weight is 497 g/mol. The number of imidazole rings is 1. The molecule has 3 amide bonds. The minimum Gasteiger partial charge on any atom is -0.389 e. The summed E-state index contributed by atoms with van der Waals surface area (Å²) in [6, 6.07) is 20.8. The number of carbonyl (C=O) groups is 2. The monoisotopic (exact) mass is 496 g/mol. The molecule has 0 spiro atoms. The van der Waals surface area contributed by atoms with Crippen LogP contribution in [0.4, 0.5) is 22.1 Å². The zero-order chi connectivity index (χ0) is 26.7. The Balaban J connectivity index is 1.64. The molecule has 0 saturated heterocycles. The summed E-state index contributed by atoms with van der Waals surface area (Å²) in [4.78, 5) is 31.9. The third-order valence-electron chi connectivity index (χ3n) is 5.74. The number of nitrogens with zero attached hydrogens (tertiary/aromatic N) is 4. The van der Waals surface area contributed by atoms with E-state index in [1.807, 2.05) is 31.2 Å². The molecule has 1 aromatic heterocycles. The van der Waals surface area contributed by atoms with Crippen LogP contribution in [0.15, 0.2) is 66.7 Å². The van der Waals surface area contributed by atoms with Gasteiger partial charge >= 0.3 is 6.03 Å². The highest BCUT2D eigenvalue weighted by atomic mass is 16.3. The topological polar surface area (TPSA) is 123 Å². The predicted molar refractivity (Wildman–Crippen MR) is 144 cm³/mol. The maximum absolute atomic E-state index is 13.0. The van der Waals surface area contributed by atoms with Crippen LogP contribution in [0.25, 0.3) is 11.0 Å². The smallest absolute Gasteiger partial charge is 0.326 e. The third kappa shape index (κ3) is 5.94. The number of urea groups is 1. The normalized spacial score (nSPS) is 11.1. The molecule has 0 fully saturated rings. The number of carbonyl (C=O) groups excluding carboxylic acids is 2. The molecule has 188 valence electrons. The van der Waals surface area contributed by atoms with E-state index in [0.717, 1.165) is 5.56 Å². The Morgan fingerprint density at radius 3 is 2.49 bits per heavy atom. The van der Waals surface area contributed by atoms with Gasteiger partial charge < -0.3 is 19.9 Å². The summed E-state index contributed by atoms with van der Waals surface area (Å²) in [5.74, 6) is 0.0725. The maximum atomic E-state index is 13.0. The fraction of sp³-hybridized carbons (Fsp3) is 0.214. The highest BCUT2D eigenvalue weighted by molar-refractivity contribution is 6.06. The summed E-state index contributed by atoms with van der Waals surface area (Å²) in [7, 11) is 1.69. The minimum atomic E-state index is -1.08. The molecule has 0 bridgehead atoms. The lowest BCUT2D eigenvalue weighted by atomic mass is 10.1. The molecule has 0 saturated carbocycles. The fourth-order valence-electron chi connectivity index (χ4n) is 3.91. The number of nitrogens with one attached hydrogen (secondary N) is 2. The van der Waals surface area contributed by atoms with Crippen LogP contribution in [0.5, 0.6) is 0 Å². The van der Waals surface area contributed by atoms with Crippen molar-refractivity contribution in [1.29, 1.82) is 5.26 Å². The predicted octanol–water partition coefficient (Wildman–Crippen LogP) is 4.91. The van der Waals surface area contributed by atoms with Crippen molar-refractivity contribution in [2.45, 2.75) is 32.9 Å². The number of nitriles is 1. The average Bonchev–Trinajstić information content (AvgIpc) is 3.18. The summed E-state index contributed by atoms with van der Waals surface area (Å²) in [5, 5.41) is 25.0. The molecule has 0 atom stereocenters. The molecule has 37 heavy (non-hydrogen) atoms. The molecule has 9 heteroatoms. The lowest BCUT2D eigenvalue weighted by Crippen LogP contribution is -2.28. The van der Waals surface area contributed by atoms with Crippen molar-refractivity contribution in [3.8, 4) is 6.07 Å². The largest absolute Gasteiger partial charge is 0.389 e. The van der Waals surface area contributed by atoms with E-state index >= 15 is 0 Å². The van der Waals surface area contributed by atoms with Crippen LogP contribution in [-0.2, 0) is 6.54 Å². The van der Waals surface area contributed by atoms with E-state index in [9.17, 15) is 14.7 Å². The van der Waals surface area contributed by atoms with Crippen molar-refractivity contribution in [2.24, 2.45) is 0 Å². The van der Waals surface area contributed by atoms with Gasteiger partial charge in [-0.3, -0.25) is 10.1 Å². The quantitative estimate of drug-likeness (QED) is 0.350. The summed E-state index contributed by atoms with van der Waals surface area (Å²) < 4.78 is 1.71. The summed E-state index contributed by atoms with van der Waals surface area (Å²) in [6.45, 7) is 5.46. The summed E-state index contributed by atoms with van der Waals surface area (Å²) in [6.07, 6.45) is 0. The van der Waals surface area contributed by atoms with Gasteiger partial charge in [0.05, 0.1) is 34.8 Å². The SMILES string of the molecule is Cc1ccc(C(=O)N(C)c2ccc3c(c2)nc(NC(=O)Nc2cccc(C#N)c2)n3CC(C)(C)O)cc1. The number of aliphatic hydroxyl groups is 1. The maximum Gasteiger partial charge on any atom is 0.326 e. The lowest BCUT2D eigenvalue weighted by Gasteiger charge is -2.21. The van der Waals surface area contributed by atoms with E-state index < -0.39 is 11.6 Å². The molecule has 0 aliphatic carbocycles. The van der Waals surface area contributed by atoms with Gasteiger partial charge in [0.2, 0.25) is 5.95 Å². The van der Waals surface area contributed by atoms with Gasteiger partial charge in [-0.1, -0.05) is 23.8 Å². The second-order valence-corrected chi connectivity index (χ2v) is 9.51. The van der Waals surface area contributed by atoms with Crippen molar-refractivity contribution >= 4 is 40.3 Å². The van der Waals surface area contributed by atoms with Gasteiger partial charge in [0, 0.05) is 24.0 Å². The first-order valence-corrected chi connectivity index (χ1v) is 11.7. The standard InChI is InChI=1S/C28H28N6O3/c1-18-8-10-20(11-9-18)25(35)33(4)22-12-13-24-23(15-22)31-26(34(24)17-28(2,3)37)32-27(36)30-21-7-5-6-19(14-21)16-29/h5-15,37H,17H2,1-4H3,(H2,30,31,32,36). The van der Waals surface area contributed by atoms with E-state index in [2.05, 4.69) is 15.6 Å². The molecular weight excluding hydrogens is 468 g/mol. The second-order valence-electron chi connectivity index (χ2n) is 9.51. The zero-order valence-electron chi connectivity index (χ0n) is 21.1. The molecule has 3 aromatic carbocycles. The minimum absolute atomic E-state index is 0.160. The molecule has 0 aliphatic rings. The van der Waals surface area contributed by atoms with Crippen molar-refractivity contribution in [1.82, 2.24) is 9.55 Å². The first-order valence-electron chi connectivity index (χ1n) is 11.7. The second kappa shape index (κ2) is 10.1. The van der Waals surface area contributed by atoms with Crippen LogP contribution in [-0.4, -0.2) is 39.2 Å². The van der Waals surface area contributed by atoms with Crippen LogP contribution < -0.4 is 15.5 Å². The number of amides is 3. The van der Waals surface area contributed by atoms with Crippen molar-refractivity contribution < 1.29 is 14.7 Å². The Bertz CT molecular complexity index is 1510. The number of fused-ring (bicyclic) bond motifs is 1. The number of anilines is 3. The van der Waals surface area contributed by atoms with Gasteiger partial charge in [0.25, 0.3) is 5.91 Å². The molecule has 0 unspecified atom stereocenters. The Labute approximate surface area is 215 Å². The van der Waals surface area contributed by atoms with Crippen LogP contribution in [0.1, 0.15) is 35.3 Å². The molecule has 4 aromatic rings. The molecular formula is C28H28N6O3. The van der Waals surface area contributed by atoms with Gasteiger partial charge in [-0.2, -0.15) is 5.26 Å². The van der Waals surface area contributed by atoms with E-state index in [4.69, 9.17) is 5.26 Å². The fourth-order valence-corrected chi connectivity index (χ4v) is 3.91. The third-order valence-corrected chi connectivity index (χ3v) is 5.74. The van der Waals surface area contributed by atoms with Crippen LogP contribution in [0.2, 0.25) is 0 Å². The molecule has 1 heterocycles.